The molecule has 0 aliphatic carbocycles. The number of benzene rings is 1. The summed E-state index contributed by atoms with van der Waals surface area (Å²) in [7, 11) is 1.65. The second-order valence-corrected chi connectivity index (χ2v) is 4.49. The lowest BCUT2D eigenvalue weighted by molar-refractivity contribution is 0.415. The summed E-state index contributed by atoms with van der Waals surface area (Å²) in [5, 5.41) is 4.51. The molecule has 1 aromatic carbocycles. The van der Waals surface area contributed by atoms with Crippen LogP contribution < -0.4 is 10.5 Å². The number of fused-ring (bicyclic) bond motifs is 1. The Balaban J connectivity index is 1.96. The molecular formula is C13H16N4O. The van der Waals surface area contributed by atoms with Gasteiger partial charge < -0.3 is 10.5 Å². The molecule has 1 aromatic heterocycles. The van der Waals surface area contributed by atoms with E-state index in [1.807, 2.05) is 28.9 Å². The second-order valence-electron chi connectivity index (χ2n) is 4.49. The van der Waals surface area contributed by atoms with Crippen LogP contribution in [-0.4, -0.2) is 21.9 Å². The molecule has 5 nitrogen and oxygen atoms in total. The molecule has 1 atom stereocenters. The van der Waals surface area contributed by atoms with Gasteiger partial charge in [0, 0.05) is 12.1 Å². The monoisotopic (exact) mass is 244 g/mol. The number of aryl methyl sites for hydroxylation is 1. The van der Waals surface area contributed by atoms with Crippen LogP contribution in [0.5, 0.6) is 5.75 Å². The molecule has 0 spiro atoms. The van der Waals surface area contributed by atoms with Gasteiger partial charge in [0.05, 0.1) is 13.2 Å². The summed E-state index contributed by atoms with van der Waals surface area (Å²) in [5.41, 5.74) is 7.03. The van der Waals surface area contributed by atoms with Crippen molar-refractivity contribution in [2.24, 2.45) is 5.73 Å². The highest BCUT2D eigenvalue weighted by Gasteiger charge is 2.21. The molecule has 0 radical (unpaired) electrons. The molecular weight excluding hydrogens is 228 g/mol. The van der Waals surface area contributed by atoms with Crippen LogP contribution in [0.25, 0.3) is 11.4 Å². The third kappa shape index (κ3) is 1.86. The number of nitrogens with zero attached hydrogens (tertiary/aromatic N) is 3. The summed E-state index contributed by atoms with van der Waals surface area (Å²) >= 11 is 0. The summed E-state index contributed by atoms with van der Waals surface area (Å²) < 4.78 is 7.06. The van der Waals surface area contributed by atoms with Gasteiger partial charge >= 0.3 is 0 Å². The Bertz CT molecular complexity index is 547. The number of nitrogens with two attached hydrogens (primary N) is 1. The minimum atomic E-state index is 0.0123. The quantitative estimate of drug-likeness (QED) is 0.874. The predicted octanol–water partition coefficient (Wildman–Crippen LogP) is 1.75. The van der Waals surface area contributed by atoms with Crippen molar-refractivity contribution in [1.29, 1.82) is 0 Å². The SMILES string of the molecule is COc1ccc(-c2nc3n(n2)CCCC3N)cc1. The van der Waals surface area contributed by atoms with E-state index < -0.39 is 0 Å². The topological polar surface area (TPSA) is 66.0 Å². The molecule has 2 heterocycles. The summed E-state index contributed by atoms with van der Waals surface area (Å²) in [4.78, 5) is 4.54. The molecule has 0 bridgehead atoms. The van der Waals surface area contributed by atoms with Gasteiger partial charge in [0.25, 0.3) is 0 Å². The van der Waals surface area contributed by atoms with E-state index in [1.165, 1.54) is 0 Å². The Morgan fingerprint density at radius 1 is 1.33 bits per heavy atom. The van der Waals surface area contributed by atoms with Crippen molar-refractivity contribution in [3.8, 4) is 17.1 Å². The van der Waals surface area contributed by atoms with E-state index in [0.29, 0.717) is 0 Å². The smallest absolute Gasteiger partial charge is 0.181 e. The molecule has 1 aliphatic heterocycles. The lowest BCUT2D eigenvalue weighted by atomic mass is 10.1. The fraction of sp³-hybridized carbons (Fsp3) is 0.385. The molecule has 0 saturated heterocycles. The van der Waals surface area contributed by atoms with E-state index in [0.717, 1.165) is 42.3 Å². The zero-order chi connectivity index (χ0) is 12.5. The van der Waals surface area contributed by atoms with Crippen LogP contribution in [0, 0.1) is 0 Å². The number of aromatic nitrogens is 3. The van der Waals surface area contributed by atoms with Crippen LogP contribution in [0.4, 0.5) is 0 Å². The van der Waals surface area contributed by atoms with E-state index in [9.17, 15) is 0 Å². The van der Waals surface area contributed by atoms with Crippen molar-refractivity contribution >= 4 is 0 Å². The van der Waals surface area contributed by atoms with Crippen molar-refractivity contribution in [2.45, 2.75) is 25.4 Å². The van der Waals surface area contributed by atoms with Crippen molar-refractivity contribution in [3.05, 3.63) is 30.1 Å². The Morgan fingerprint density at radius 2 is 2.11 bits per heavy atom. The summed E-state index contributed by atoms with van der Waals surface area (Å²) in [6.07, 6.45) is 2.06. The lowest BCUT2D eigenvalue weighted by Crippen LogP contribution is -2.22. The first kappa shape index (κ1) is 11.2. The number of rotatable bonds is 2. The summed E-state index contributed by atoms with van der Waals surface area (Å²) in [6.45, 7) is 0.909. The van der Waals surface area contributed by atoms with Crippen LogP contribution >= 0.6 is 0 Å². The molecule has 2 aromatic rings. The van der Waals surface area contributed by atoms with Gasteiger partial charge in [0.2, 0.25) is 0 Å². The van der Waals surface area contributed by atoms with Gasteiger partial charge in [0.1, 0.15) is 11.6 Å². The van der Waals surface area contributed by atoms with Crippen LogP contribution in [0.1, 0.15) is 24.7 Å². The minimum Gasteiger partial charge on any atom is -0.497 e. The van der Waals surface area contributed by atoms with E-state index in [4.69, 9.17) is 10.5 Å². The Kier molecular flexibility index (Phi) is 2.76. The maximum absolute atomic E-state index is 6.04. The van der Waals surface area contributed by atoms with E-state index >= 15 is 0 Å². The predicted molar refractivity (Wildman–Crippen MR) is 68.2 cm³/mol. The first-order valence-corrected chi connectivity index (χ1v) is 6.12. The number of methoxy groups -OCH3 is 1. The highest BCUT2D eigenvalue weighted by Crippen LogP contribution is 2.25. The van der Waals surface area contributed by atoms with Gasteiger partial charge in [-0.3, -0.25) is 0 Å². The third-order valence-corrected chi connectivity index (χ3v) is 3.27. The minimum absolute atomic E-state index is 0.0123. The molecule has 18 heavy (non-hydrogen) atoms. The zero-order valence-corrected chi connectivity index (χ0v) is 10.3. The molecule has 94 valence electrons. The summed E-state index contributed by atoms with van der Waals surface area (Å²) in [5.74, 6) is 2.47. The zero-order valence-electron chi connectivity index (χ0n) is 10.3. The van der Waals surface area contributed by atoms with E-state index in [1.54, 1.807) is 7.11 Å². The Hall–Kier alpha value is -1.88. The maximum Gasteiger partial charge on any atom is 0.181 e. The van der Waals surface area contributed by atoms with Crippen LogP contribution in [0.3, 0.4) is 0 Å². The second kappa shape index (κ2) is 4.42. The molecule has 1 aliphatic rings. The highest BCUT2D eigenvalue weighted by molar-refractivity contribution is 5.56. The lowest BCUT2D eigenvalue weighted by Gasteiger charge is -2.17. The van der Waals surface area contributed by atoms with Gasteiger partial charge in [-0.05, 0) is 37.1 Å². The average Bonchev–Trinajstić information content (AvgIpc) is 2.84. The van der Waals surface area contributed by atoms with E-state index in [2.05, 4.69) is 10.1 Å². The third-order valence-electron chi connectivity index (χ3n) is 3.27. The highest BCUT2D eigenvalue weighted by atomic mass is 16.5. The van der Waals surface area contributed by atoms with Gasteiger partial charge in [-0.2, -0.15) is 5.10 Å². The fourth-order valence-corrected chi connectivity index (χ4v) is 2.25. The molecule has 0 saturated carbocycles. The Morgan fingerprint density at radius 3 is 2.78 bits per heavy atom. The van der Waals surface area contributed by atoms with Gasteiger partial charge in [-0.25, -0.2) is 9.67 Å². The van der Waals surface area contributed by atoms with Crippen LogP contribution in [0.15, 0.2) is 24.3 Å². The van der Waals surface area contributed by atoms with E-state index in [-0.39, 0.29) is 6.04 Å². The van der Waals surface area contributed by atoms with Gasteiger partial charge in [-0.15, -0.1) is 0 Å². The molecule has 1 unspecified atom stereocenters. The maximum atomic E-state index is 6.04. The Labute approximate surface area is 106 Å². The molecule has 2 N–H and O–H groups in total. The number of hydrogen-bond acceptors (Lipinski definition) is 4. The van der Waals surface area contributed by atoms with Gasteiger partial charge in [-0.1, -0.05) is 0 Å². The molecule has 5 heteroatoms. The molecule has 0 fully saturated rings. The van der Waals surface area contributed by atoms with Crippen molar-refractivity contribution in [1.82, 2.24) is 14.8 Å². The fourth-order valence-electron chi connectivity index (χ4n) is 2.25. The van der Waals surface area contributed by atoms with Crippen LogP contribution in [0.2, 0.25) is 0 Å². The van der Waals surface area contributed by atoms with Crippen LogP contribution in [-0.2, 0) is 6.54 Å². The van der Waals surface area contributed by atoms with Gasteiger partial charge in [0.15, 0.2) is 5.82 Å². The molecule has 0 amide bonds. The standard InChI is InChI=1S/C13H16N4O/c1-18-10-6-4-9(5-7-10)12-15-13-11(14)3-2-8-17(13)16-12/h4-7,11H,2-3,8,14H2,1H3. The van der Waals surface area contributed by atoms with Crippen molar-refractivity contribution in [3.63, 3.8) is 0 Å². The summed E-state index contributed by atoms with van der Waals surface area (Å²) in [6, 6.07) is 7.76. The first-order valence-electron chi connectivity index (χ1n) is 6.12. The largest absolute Gasteiger partial charge is 0.497 e. The number of hydrogen-bond donors (Lipinski definition) is 1. The average molecular weight is 244 g/mol. The number of ether oxygens (including phenoxy) is 1. The first-order chi connectivity index (χ1) is 8.78. The molecule has 3 rings (SSSR count). The normalized spacial score (nSPS) is 18.4. The van der Waals surface area contributed by atoms with Crippen molar-refractivity contribution < 1.29 is 4.74 Å². The van der Waals surface area contributed by atoms with Crippen molar-refractivity contribution in [2.75, 3.05) is 7.11 Å².